The Labute approximate surface area is 78.9 Å². The summed E-state index contributed by atoms with van der Waals surface area (Å²) < 4.78 is 5.46. The van der Waals surface area contributed by atoms with E-state index < -0.39 is 0 Å². The van der Waals surface area contributed by atoms with Gasteiger partial charge in [-0.15, -0.1) is 0 Å². The zero-order chi connectivity index (χ0) is 9.68. The molecular weight excluding hydrogens is 164 g/mol. The maximum absolute atomic E-state index is 5.69. The molecule has 1 aromatic rings. The molecular formula is C10H16N2O. The number of nitrogens with two attached hydrogens (primary N) is 1. The second-order valence-electron chi connectivity index (χ2n) is 2.89. The zero-order valence-electron chi connectivity index (χ0n) is 8.13. The summed E-state index contributed by atoms with van der Waals surface area (Å²) in [6.45, 7) is 2.80. The Kier molecular flexibility index (Phi) is 3.43. The van der Waals surface area contributed by atoms with Gasteiger partial charge >= 0.3 is 0 Å². The van der Waals surface area contributed by atoms with Crippen molar-refractivity contribution in [2.24, 2.45) is 0 Å². The van der Waals surface area contributed by atoms with Gasteiger partial charge in [-0.05, 0) is 12.5 Å². The van der Waals surface area contributed by atoms with Gasteiger partial charge in [0.2, 0.25) is 0 Å². The summed E-state index contributed by atoms with van der Waals surface area (Å²) in [5, 5.41) is 3.02. The lowest BCUT2D eigenvalue weighted by atomic mass is 10.2. The highest BCUT2D eigenvalue weighted by molar-refractivity contribution is 5.58. The minimum atomic E-state index is 0.720. The Morgan fingerprint density at radius 1 is 1.38 bits per heavy atom. The molecule has 0 unspecified atom stereocenters. The van der Waals surface area contributed by atoms with Crippen LogP contribution < -0.4 is 15.8 Å². The second kappa shape index (κ2) is 4.60. The summed E-state index contributed by atoms with van der Waals surface area (Å²) in [5.74, 6) is 0.825. The van der Waals surface area contributed by atoms with Crippen molar-refractivity contribution >= 4 is 11.4 Å². The van der Waals surface area contributed by atoms with Crippen LogP contribution in [0.25, 0.3) is 0 Å². The number of hydrogen-bond donors (Lipinski definition) is 2. The van der Waals surface area contributed by atoms with Crippen LogP contribution in [0.3, 0.4) is 0 Å². The fourth-order valence-electron chi connectivity index (χ4n) is 1.07. The maximum Gasteiger partial charge on any atom is 0.123 e. The van der Waals surface area contributed by atoms with E-state index in [-0.39, 0.29) is 0 Å². The molecule has 0 fully saturated rings. The molecule has 0 aliphatic heterocycles. The van der Waals surface area contributed by atoms with Crippen LogP contribution in [-0.2, 0) is 0 Å². The molecule has 0 radical (unpaired) electrons. The SMILES string of the molecule is CCCOc1cc(N)cc(NC)c1. The van der Waals surface area contributed by atoms with Crippen LogP contribution in [0, 0.1) is 0 Å². The molecule has 3 N–H and O–H groups in total. The molecule has 3 nitrogen and oxygen atoms in total. The minimum Gasteiger partial charge on any atom is -0.493 e. The highest BCUT2D eigenvalue weighted by Gasteiger charge is 1.97. The van der Waals surface area contributed by atoms with Crippen LogP contribution in [0.4, 0.5) is 11.4 Å². The Bertz CT molecular complexity index is 274. The fourth-order valence-corrected chi connectivity index (χ4v) is 1.07. The minimum absolute atomic E-state index is 0.720. The van der Waals surface area contributed by atoms with Crippen LogP contribution in [0.5, 0.6) is 5.75 Å². The van der Waals surface area contributed by atoms with Crippen LogP contribution in [-0.4, -0.2) is 13.7 Å². The number of anilines is 2. The molecule has 0 aliphatic carbocycles. The van der Waals surface area contributed by atoms with Crippen LogP contribution in [0.2, 0.25) is 0 Å². The van der Waals surface area contributed by atoms with Crippen molar-refractivity contribution in [3.8, 4) is 5.75 Å². The lowest BCUT2D eigenvalue weighted by Gasteiger charge is -2.08. The Balaban J connectivity index is 2.76. The van der Waals surface area contributed by atoms with Gasteiger partial charge in [0.05, 0.1) is 6.61 Å². The first kappa shape index (κ1) is 9.71. The van der Waals surface area contributed by atoms with Crippen molar-refractivity contribution in [1.82, 2.24) is 0 Å². The van der Waals surface area contributed by atoms with Crippen molar-refractivity contribution in [2.75, 3.05) is 24.7 Å². The molecule has 0 amide bonds. The summed E-state index contributed by atoms with van der Waals surface area (Å²) in [5.41, 5.74) is 7.38. The normalized spacial score (nSPS) is 9.69. The summed E-state index contributed by atoms with van der Waals surface area (Å²) in [6, 6.07) is 5.64. The molecule has 0 heterocycles. The topological polar surface area (TPSA) is 47.3 Å². The molecule has 0 saturated carbocycles. The fraction of sp³-hybridized carbons (Fsp3) is 0.400. The van der Waals surface area contributed by atoms with E-state index in [2.05, 4.69) is 12.2 Å². The first-order chi connectivity index (χ1) is 6.26. The standard InChI is InChI=1S/C10H16N2O/c1-3-4-13-10-6-8(11)5-9(7-10)12-2/h5-7,12H,3-4,11H2,1-2H3. The van der Waals surface area contributed by atoms with E-state index in [9.17, 15) is 0 Å². The monoisotopic (exact) mass is 180 g/mol. The van der Waals surface area contributed by atoms with Gasteiger partial charge in [-0.1, -0.05) is 6.92 Å². The van der Waals surface area contributed by atoms with Gasteiger partial charge in [-0.25, -0.2) is 0 Å². The van der Waals surface area contributed by atoms with E-state index in [1.165, 1.54) is 0 Å². The van der Waals surface area contributed by atoms with Gasteiger partial charge < -0.3 is 15.8 Å². The van der Waals surface area contributed by atoms with E-state index in [1.54, 1.807) is 0 Å². The van der Waals surface area contributed by atoms with Crippen molar-refractivity contribution in [1.29, 1.82) is 0 Å². The van der Waals surface area contributed by atoms with E-state index in [0.29, 0.717) is 0 Å². The molecule has 0 saturated heterocycles. The lowest BCUT2D eigenvalue weighted by Crippen LogP contribution is -1.98. The smallest absolute Gasteiger partial charge is 0.123 e. The number of nitrogen functional groups attached to an aromatic ring is 1. The van der Waals surface area contributed by atoms with E-state index in [1.807, 2.05) is 25.2 Å². The van der Waals surface area contributed by atoms with Crippen LogP contribution in [0.1, 0.15) is 13.3 Å². The molecule has 1 aromatic carbocycles. The molecule has 13 heavy (non-hydrogen) atoms. The highest BCUT2D eigenvalue weighted by Crippen LogP contribution is 2.22. The van der Waals surface area contributed by atoms with E-state index in [0.717, 1.165) is 30.2 Å². The number of ether oxygens (including phenoxy) is 1. The predicted molar refractivity (Wildman–Crippen MR) is 56.2 cm³/mol. The molecule has 3 heteroatoms. The maximum atomic E-state index is 5.69. The number of hydrogen-bond acceptors (Lipinski definition) is 3. The Morgan fingerprint density at radius 2 is 2.15 bits per heavy atom. The first-order valence-electron chi connectivity index (χ1n) is 4.47. The van der Waals surface area contributed by atoms with E-state index >= 15 is 0 Å². The summed E-state index contributed by atoms with van der Waals surface area (Å²) in [6.07, 6.45) is 1.00. The average molecular weight is 180 g/mol. The third kappa shape index (κ3) is 2.86. The van der Waals surface area contributed by atoms with Gasteiger partial charge in [0.25, 0.3) is 0 Å². The molecule has 0 aliphatic rings. The predicted octanol–water partition coefficient (Wildman–Crippen LogP) is 2.10. The number of benzene rings is 1. The van der Waals surface area contributed by atoms with Crippen molar-refractivity contribution in [3.63, 3.8) is 0 Å². The zero-order valence-corrected chi connectivity index (χ0v) is 8.13. The number of rotatable bonds is 4. The number of nitrogens with one attached hydrogen (secondary N) is 1. The molecule has 1 rings (SSSR count). The van der Waals surface area contributed by atoms with Gasteiger partial charge in [0.1, 0.15) is 5.75 Å². The first-order valence-corrected chi connectivity index (χ1v) is 4.47. The Morgan fingerprint density at radius 3 is 2.77 bits per heavy atom. The second-order valence-corrected chi connectivity index (χ2v) is 2.89. The van der Waals surface area contributed by atoms with Crippen LogP contribution >= 0.6 is 0 Å². The summed E-state index contributed by atoms with van der Waals surface area (Å²) >= 11 is 0. The molecule has 0 aromatic heterocycles. The van der Waals surface area contributed by atoms with Gasteiger partial charge in [-0.3, -0.25) is 0 Å². The molecule has 0 spiro atoms. The van der Waals surface area contributed by atoms with Crippen molar-refractivity contribution in [3.05, 3.63) is 18.2 Å². The Hall–Kier alpha value is -1.38. The van der Waals surface area contributed by atoms with Gasteiger partial charge in [0, 0.05) is 30.6 Å². The van der Waals surface area contributed by atoms with Crippen molar-refractivity contribution in [2.45, 2.75) is 13.3 Å². The average Bonchev–Trinajstić information content (AvgIpc) is 2.14. The van der Waals surface area contributed by atoms with Gasteiger partial charge in [0.15, 0.2) is 0 Å². The largest absolute Gasteiger partial charge is 0.493 e. The molecule has 0 bridgehead atoms. The summed E-state index contributed by atoms with van der Waals surface area (Å²) in [7, 11) is 1.86. The highest BCUT2D eigenvalue weighted by atomic mass is 16.5. The molecule has 0 atom stereocenters. The molecule has 72 valence electrons. The third-order valence-electron chi connectivity index (χ3n) is 1.69. The lowest BCUT2D eigenvalue weighted by molar-refractivity contribution is 0.318. The van der Waals surface area contributed by atoms with E-state index in [4.69, 9.17) is 10.5 Å². The quantitative estimate of drug-likeness (QED) is 0.697. The summed E-state index contributed by atoms with van der Waals surface area (Å²) in [4.78, 5) is 0. The van der Waals surface area contributed by atoms with Gasteiger partial charge in [-0.2, -0.15) is 0 Å². The van der Waals surface area contributed by atoms with Crippen LogP contribution in [0.15, 0.2) is 18.2 Å². The van der Waals surface area contributed by atoms with Crippen molar-refractivity contribution < 1.29 is 4.74 Å². The third-order valence-corrected chi connectivity index (χ3v) is 1.69.